The molecule has 20 heavy (non-hydrogen) atoms. The molecule has 5 N–H and O–H groups in total. The maximum atomic E-state index is 11.7. The average molecular weight is 287 g/mol. The lowest BCUT2D eigenvalue weighted by atomic mass is 10.1. The predicted octanol–water partition coefficient (Wildman–Crippen LogP) is -0.0120. The molecule has 7 nitrogen and oxygen atoms in total. The smallest absolute Gasteiger partial charge is 0.325 e. The van der Waals surface area contributed by atoms with Gasteiger partial charge in [0.15, 0.2) is 0 Å². The van der Waals surface area contributed by atoms with Gasteiger partial charge in [-0.05, 0) is 20.3 Å². The number of rotatable bonds is 9. The number of carboxylic acid groups (broad SMARTS) is 1. The number of hydrogen-bond donors (Lipinski definition) is 4. The summed E-state index contributed by atoms with van der Waals surface area (Å²) in [7, 11) is 0. The van der Waals surface area contributed by atoms with Crippen LogP contribution < -0.4 is 16.4 Å². The van der Waals surface area contributed by atoms with E-state index < -0.39 is 35.9 Å². The van der Waals surface area contributed by atoms with Crippen molar-refractivity contribution in [3.8, 4) is 0 Å². The zero-order valence-electron chi connectivity index (χ0n) is 12.3. The van der Waals surface area contributed by atoms with E-state index >= 15 is 0 Å². The summed E-state index contributed by atoms with van der Waals surface area (Å²) in [5.74, 6) is -2.08. The van der Waals surface area contributed by atoms with Gasteiger partial charge in [0.1, 0.15) is 12.1 Å². The van der Waals surface area contributed by atoms with Gasteiger partial charge in [0, 0.05) is 0 Å². The average Bonchev–Trinajstić information content (AvgIpc) is 2.38. The molecule has 0 aliphatic carbocycles. The first-order chi connectivity index (χ1) is 9.29. The maximum Gasteiger partial charge on any atom is 0.325 e. The molecule has 0 aromatic carbocycles. The van der Waals surface area contributed by atoms with Crippen LogP contribution in [0.3, 0.4) is 0 Å². The van der Waals surface area contributed by atoms with Gasteiger partial charge in [-0.25, -0.2) is 0 Å². The van der Waals surface area contributed by atoms with E-state index in [1.165, 1.54) is 13.8 Å². The van der Waals surface area contributed by atoms with Gasteiger partial charge in [-0.1, -0.05) is 26.2 Å². The van der Waals surface area contributed by atoms with Gasteiger partial charge in [-0.2, -0.15) is 0 Å². The Hall–Kier alpha value is -1.63. The van der Waals surface area contributed by atoms with Gasteiger partial charge in [0.25, 0.3) is 0 Å². The Labute approximate surface area is 119 Å². The lowest BCUT2D eigenvalue weighted by Crippen LogP contribution is -2.52. The van der Waals surface area contributed by atoms with Gasteiger partial charge >= 0.3 is 5.97 Å². The van der Waals surface area contributed by atoms with Crippen molar-refractivity contribution in [3.63, 3.8) is 0 Å². The Morgan fingerprint density at radius 1 is 1.05 bits per heavy atom. The van der Waals surface area contributed by atoms with Crippen LogP contribution in [0, 0.1) is 0 Å². The minimum Gasteiger partial charge on any atom is -0.480 e. The first-order valence-electron chi connectivity index (χ1n) is 6.88. The van der Waals surface area contributed by atoms with Crippen molar-refractivity contribution >= 4 is 17.8 Å². The van der Waals surface area contributed by atoms with Crippen LogP contribution >= 0.6 is 0 Å². The minimum atomic E-state index is -1.13. The van der Waals surface area contributed by atoms with E-state index in [1.54, 1.807) is 0 Å². The molecule has 0 saturated heterocycles. The first kappa shape index (κ1) is 18.4. The van der Waals surface area contributed by atoms with E-state index in [1.807, 2.05) is 0 Å². The van der Waals surface area contributed by atoms with Gasteiger partial charge in [0.05, 0.1) is 6.04 Å². The molecule has 0 aromatic heterocycles. The summed E-state index contributed by atoms with van der Waals surface area (Å²) in [6.45, 7) is 4.90. The van der Waals surface area contributed by atoms with E-state index in [-0.39, 0.29) is 0 Å². The minimum absolute atomic E-state index is 0.397. The molecule has 0 aromatic rings. The predicted molar refractivity (Wildman–Crippen MR) is 75.0 cm³/mol. The van der Waals surface area contributed by atoms with Crippen molar-refractivity contribution in [2.24, 2.45) is 5.73 Å². The van der Waals surface area contributed by atoms with Crippen LogP contribution in [0.25, 0.3) is 0 Å². The van der Waals surface area contributed by atoms with E-state index in [0.717, 1.165) is 19.3 Å². The van der Waals surface area contributed by atoms with Crippen molar-refractivity contribution < 1.29 is 19.5 Å². The van der Waals surface area contributed by atoms with E-state index in [0.29, 0.717) is 6.42 Å². The van der Waals surface area contributed by atoms with Gasteiger partial charge in [0.2, 0.25) is 11.8 Å². The molecule has 3 atom stereocenters. The molecule has 0 spiro atoms. The number of aliphatic carboxylic acids is 1. The normalized spacial score (nSPS) is 15.0. The molecule has 0 rings (SSSR count). The Balaban J connectivity index is 4.17. The molecule has 7 heteroatoms. The number of nitrogens with one attached hydrogen (secondary N) is 2. The monoisotopic (exact) mass is 287 g/mol. The molecule has 0 bridgehead atoms. The third-order valence-electron chi connectivity index (χ3n) is 2.94. The number of carbonyl (C=O) groups is 3. The van der Waals surface area contributed by atoms with E-state index in [9.17, 15) is 14.4 Å². The zero-order chi connectivity index (χ0) is 15.7. The molecule has 0 unspecified atom stereocenters. The topological polar surface area (TPSA) is 122 Å². The summed E-state index contributed by atoms with van der Waals surface area (Å²) in [6, 6.07) is -2.46. The number of carboxylic acids is 1. The van der Waals surface area contributed by atoms with Crippen LogP contribution in [0.15, 0.2) is 0 Å². The number of nitrogens with two attached hydrogens (primary N) is 1. The second-order valence-electron chi connectivity index (χ2n) is 4.90. The Morgan fingerprint density at radius 3 is 2.10 bits per heavy atom. The SMILES string of the molecule is CCCCC[C@H](N)C(=O)N[C@@H](C)C(=O)N[C@@H](C)C(=O)O. The molecule has 0 heterocycles. The Morgan fingerprint density at radius 2 is 1.60 bits per heavy atom. The third kappa shape index (κ3) is 7.08. The van der Waals surface area contributed by atoms with Crippen molar-refractivity contribution in [2.45, 2.75) is 64.6 Å². The number of hydrogen-bond acceptors (Lipinski definition) is 4. The quantitative estimate of drug-likeness (QED) is 0.444. The van der Waals surface area contributed by atoms with Crippen LogP contribution in [0.2, 0.25) is 0 Å². The lowest BCUT2D eigenvalue weighted by Gasteiger charge is -2.18. The summed E-state index contributed by atoms with van der Waals surface area (Å²) in [5.41, 5.74) is 5.72. The van der Waals surface area contributed by atoms with Crippen molar-refractivity contribution in [2.75, 3.05) is 0 Å². The molecule has 0 radical (unpaired) electrons. The Kier molecular flexibility index (Phi) is 8.54. The maximum absolute atomic E-state index is 11.7. The van der Waals surface area contributed by atoms with Crippen molar-refractivity contribution in [1.82, 2.24) is 10.6 Å². The number of carbonyl (C=O) groups excluding carboxylic acids is 2. The van der Waals surface area contributed by atoms with Gasteiger partial charge < -0.3 is 21.5 Å². The van der Waals surface area contributed by atoms with Crippen molar-refractivity contribution in [1.29, 1.82) is 0 Å². The fraction of sp³-hybridized carbons (Fsp3) is 0.769. The van der Waals surface area contributed by atoms with Gasteiger partial charge in [-0.3, -0.25) is 14.4 Å². The lowest BCUT2D eigenvalue weighted by molar-refractivity contribution is -0.141. The molecule has 0 fully saturated rings. The molecule has 0 aliphatic heterocycles. The number of unbranched alkanes of at least 4 members (excludes halogenated alkanes) is 2. The standard InChI is InChI=1S/C13H25N3O4/c1-4-5-6-7-10(14)12(18)15-8(2)11(17)16-9(3)13(19)20/h8-10H,4-7,14H2,1-3H3,(H,15,18)(H,16,17)(H,19,20)/t8-,9-,10-/m0/s1. The van der Waals surface area contributed by atoms with Crippen molar-refractivity contribution in [3.05, 3.63) is 0 Å². The molecular formula is C13H25N3O4. The summed E-state index contributed by atoms with van der Waals surface area (Å²) < 4.78 is 0. The fourth-order valence-corrected chi connectivity index (χ4v) is 1.53. The Bertz CT molecular complexity index is 347. The van der Waals surface area contributed by atoms with Crippen LogP contribution in [0.5, 0.6) is 0 Å². The second kappa shape index (κ2) is 9.30. The summed E-state index contributed by atoms with van der Waals surface area (Å²) >= 11 is 0. The highest BCUT2D eigenvalue weighted by molar-refractivity contribution is 5.91. The zero-order valence-corrected chi connectivity index (χ0v) is 12.3. The first-order valence-corrected chi connectivity index (χ1v) is 6.88. The third-order valence-corrected chi connectivity index (χ3v) is 2.94. The molecule has 2 amide bonds. The second-order valence-corrected chi connectivity index (χ2v) is 4.90. The van der Waals surface area contributed by atoms with Crippen LogP contribution in [0.4, 0.5) is 0 Å². The fourth-order valence-electron chi connectivity index (χ4n) is 1.53. The number of amides is 2. The van der Waals surface area contributed by atoms with E-state index in [2.05, 4.69) is 17.6 Å². The largest absolute Gasteiger partial charge is 0.480 e. The summed E-state index contributed by atoms with van der Waals surface area (Å²) in [4.78, 5) is 34.0. The summed E-state index contributed by atoms with van der Waals surface area (Å²) in [6.07, 6.45) is 3.48. The highest BCUT2D eigenvalue weighted by Crippen LogP contribution is 2.02. The highest BCUT2D eigenvalue weighted by Gasteiger charge is 2.22. The molecular weight excluding hydrogens is 262 g/mol. The highest BCUT2D eigenvalue weighted by atomic mass is 16.4. The van der Waals surface area contributed by atoms with Gasteiger partial charge in [-0.15, -0.1) is 0 Å². The molecule has 116 valence electrons. The van der Waals surface area contributed by atoms with Crippen LogP contribution in [0.1, 0.15) is 46.5 Å². The van der Waals surface area contributed by atoms with Crippen LogP contribution in [-0.4, -0.2) is 41.0 Å². The molecule has 0 saturated carbocycles. The summed E-state index contributed by atoms with van der Waals surface area (Å²) in [5, 5.41) is 13.4. The van der Waals surface area contributed by atoms with E-state index in [4.69, 9.17) is 10.8 Å². The van der Waals surface area contributed by atoms with Crippen LogP contribution in [-0.2, 0) is 14.4 Å². The molecule has 0 aliphatic rings.